The second-order valence-electron chi connectivity index (χ2n) is 6.13. The molecule has 1 heterocycles. The molecule has 0 aliphatic carbocycles. The van der Waals surface area contributed by atoms with E-state index in [9.17, 15) is 9.90 Å². The van der Waals surface area contributed by atoms with E-state index in [0.29, 0.717) is 46.4 Å². The average Bonchev–Trinajstić information content (AvgIpc) is 2.69. The third-order valence-corrected chi connectivity index (χ3v) is 4.77. The number of fused-ring (bicyclic) bond motifs is 1. The van der Waals surface area contributed by atoms with E-state index in [0.717, 1.165) is 4.47 Å². The summed E-state index contributed by atoms with van der Waals surface area (Å²) in [7, 11) is 1.48. The van der Waals surface area contributed by atoms with Crippen LogP contribution < -0.4 is 10.3 Å². The van der Waals surface area contributed by atoms with Gasteiger partial charge < -0.3 is 9.84 Å². The van der Waals surface area contributed by atoms with E-state index in [-0.39, 0.29) is 11.3 Å². The SMILES string of the molecule is C=CCc1cc(C=Nn2c(CC)nc3ccc(Br)cc3c2=O)cc(OC)c1O. The fraction of sp³-hybridized carbons (Fsp3) is 0.190. The van der Waals surface area contributed by atoms with Crippen molar-refractivity contribution in [3.8, 4) is 11.5 Å². The first-order chi connectivity index (χ1) is 13.5. The van der Waals surface area contributed by atoms with Crippen molar-refractivity contribution in [2.24, 2.45) is 5.10 Å². The number of rotatable bonds is 6. The second-order valence-corrected chi connectivity index (χ2v) is 7.04. The minimum Gasteiger partial charge on any atom is -0.504 e. The molecule has 0 amide bonds. The van der Waals surface area contributed by atoms with Crippen molar-refractivity contribution in [2.75, 3.05) is 7.11 Å². The molecule has 0 aliphatic rings. The van der Waals surface area contributed by atoms with Crippen LogP contribution in [-0.2, 0) is 12.8 Å². The molecule has 0 saturated heterocycles. The van der Waals surface area contributed by atoms with E-state index in [1.807, 2.05) is 13.0 Å². The number of ether oxygens (including phenoxy) is 1. The number of aromatic hydroxyl groups is 1. The number of aryl methyl sites for hydroxylation is 1. The average molecular weight is 442 g/mol. The van der Waals surface area contributed by atoms with Gasteiger partial charge in [-0.3, -0.25) is 4.79 Å². The smallest absolute Gasteiger partial charge is 0.282 e. The molecule has 28 heavy (non-hydrogen) atoms. The molecule has 0 saturated carbocycles. The van der Waals surface area contributed by atoms with Gasteiger partial charge in [-0.15, -0.1) is 6.58 Å². The molecule has 0 spiro atoms. The van der Waals surface area contributed by atoms with Crippen LogP contribution in [0.2, 0.25) is 0 Å². The minimum atomic E-state index is -0.239. The molecule has 3 rings (SSSR count). The molecule has 0 fully saturated rings. The number of nitrogens with zero attached hydrogens (tertiary/aromatic N) is 3. The third-order valence-electron chi connectivity index (χ3n) is 4.27. The van der Waals surface area contributed by atoms with Crippen LogP contribution in [0.25, 0.3) is 10.9 Å². The van der Waals surface area contributed by atoms with E-state index >= 15 is 0 Å². The first kappa shape index (κ1) is 19.8. The van der Waals surface area contributed by atoms with Gasteiger partial charge in [0.25, 0.3) is 5.56 Å². The molecule has 0 unspecified atom stereocenters. The maximum absolute atomic E-state index is 12.9. The fourth-order valence-corrected chi connectivity index (χ4v) is 3.26. The van der Waals surface area contributed by atoms with Gasteiger partial charge in [0.15, 0.2) is 11.5 Å². The van der Waals surface area contributed by atoms with Crippen LogP contribution in [0.3, 0.4) is 0 Å². The van der Waals surface area contributed by atoms with Gasteiger partial charge in [-0.25, -0.2) is 4.98 Å². The Morgan fingerprint density at radius 3 is 2.82 bits per heavy atom. The van der Waals surface area contributed by atoms with E-state index in [2.05, 4.69) is 32.6 Å². The molecular formula is C21H20BrN3O3. The number of phenolic OH excluding ortho intramolecular Hbond substituents is 1. The molecule has 6 nitrogen and oxygen atoms in total. The number of aromatic nitrogens is 2. The Balaban J connectivity index is 2.13. The molecule has 7 heteroatoms. The molecule has 1 aromatic heterocycles. The van der Waals surface area contributed by atoms with E-state index in [1.54, 1.807) is 36.6 Å². The lowest BCUT2D eigenvalue weighted by molar-refractivity contribution is 0.371. The van der Waals surface area contributed by atoms with Crippen molar-refractivity contribution in [2.45, 2.75) is 19.8 Å². The molecular weight excluding hydrogens is 422 g/mol. The van der Waals surface area contributed by atoms with Gasteiger partial charge in [-0.1, -0.05) is 28.9 Å². The second kappa shape index (κ2) is 8.39. The highest BCUT2D eigenvalue weighted by molar-refractivity contribution is 9.10. The summed E-state index contributed by atoms with van der Waals surface area (Å²) in [6.07, 6.45) is 4.29. The first-order valence-corrected chi connectivity index (χ1v) is 9.54. The summed E-state index contributed by atoms with van der Waals surface area (Å²) in [6.45, 7) is 5.62. The van der Waals surface area contributed by atoms with Crippen molar-refractivity contribution < 1.29 is 9.84 Å². The fourth-order valence-electron chi connectivity index (χ4n) is 2.90. The largest absolute Gasteiger partial charge is 0.504 e. The van der Waals surface area contributed by atoms with Crippen LogP contribution in [-0.4, -0.2) is 28.1 Å². The van der Waals surface area contributed by atoms with Crippen LogP contribution in [0.15, 0.2) is 57.4 Å². The molecule has 0 atom stereocenters. The highest BCUT2D eigenvalue weighted by atomic mass is 79.9. The Labute approximate surface area is 170 Å². The summed E-state index contributed by atoms with van der Waals surface area (Å²) >= 11 is 3.39. The predicted molar refractivity (Wildman–Crippen MR) is 115 cm³/mol. The lowest BCUT2D eigenvalue weighted by Gasteiger charge is -2.10. The Hall–Kier alpha value is -2.93. The molecule has 1 N–H and O–H groups in total. The quantitative estimate of drug-likeness (QED) is 0.462. The highest BCUT2D eigenvalue weighted by Gasteiger charge is 2.11. The van der Waals surface area contributed by atoms with Crippen LogP contribution in [0, 0.1) is 0 Å². The molecule has 0 bridgehead atoms. The maximum atomic E-state index is 12.9. The van der Waals surface area contributed by atoms with Gasteiger partial charge in [-0.2, -0.15) is 9.78 Å². The van der Waals surface area contributed by atoms with Gasteiger partial charge in [0, 0.05) is 16.5 Å². The number of benzene rings is 2. The Morgan fingerprint density at radius 1 is 1.36 bits per heavy atom. The monoisotopic (exact) mass is 441 g/mol. The van der Waals surface area contributed by atoms with Crippen molar-refractivity contribution in [3.05, 3.63) is 74.8 Å². The third kappa shape index (κ3) is 3.84. The standard InChI is InChI=1S/C21H20BrN3O3/c1-4-6-14-9-13(10-18(28-3)20(14)26)12-23-25-19(5-2)24-17-8-7-15(22)11-16(17)21(25)27/h4,7-12,26H,1,5-6H2,2-3H3. The van der Waals surface area contributed by atoms with Crippen molar-refractivity contribution >= 4 is 33.0 Å². The van der Waals surface area contributed by atoms with Crippen LogP contribution >= 0.6 is 15.9 Å². The maximum Gasteiger partial charge on any atom is 0.282 e. The zero-order chi connectivity index (χ0) is 20.3. The zero-order valence-electron chi connectivity index (χ0n) is 15.6. The number of allylic oxidation sites excluding steroid dienone is 1. The van der Waals surface area contributed by atoms with E-state index < -0.39 is 0 Å². The number of halogens is 1. The predicted octanol–water partition coefficient (Wildman–Crippen LogP) is 4.05. The summed E-state index contributed by atoms with van der Waals surface area (Å²) in [4.78, 5) is 17.5. The van der Waals surface area contributed by atoms with E-state index in [1.165, 1.54) is 11.8 Å². The molecule has 0 aliphatic heterocycles. The van der Waals surface area contributed by atoms with Crippen LogP contribution in [0.4, 0.5) is 0 Å². The van der Waals surface area contributed by atoms with Gasteiger partial charge in [0.1, 0.15) is 5.82 Å². The highest BCUT2D eigenvalue weighted by Crippen LogP contribution is 2.31. The molecule has 3 aromatic rings. The van der Waals surface area contributed by atoms with Gasteiger partial charge in [0.2, 0.25) is 0 Å². The van der Waals surface area contributed by atoms with E-state index in [4.69, 9.17) is 4.74 Å². The summed E-state index contributed by atoms with van der Waals surface area (Å²) in [5.74, 6) is 0.973. The van der Waals surface area contributed by atoms with Crippen LogP contribution in [0.5, 0.6) is 11.5 Å². The van der Waals surface area contributed by atoms with Crippen molar-refractivity contribution in [1.82, 2.24) is 9.66 Å². The van der Waals surface area contributed by atoms with Crippen molar-refractivity contribution in [1.29, 1.82) is 0 Å². The number of phenols is 1. The summed E-state index contributed by atoms with van der Waals surface area (Å²) in [5.41, 5.74) is 1.75. The molecule has 0 radical (unpaired) electrons. The summed E-state index contributed by atoms with van der Waals surface area (Å²) in [6, 6.07) is 8.84. The van der Waals surface area contributed by atoms with Crippen molar-refractivity contribution in [3.63, 3.8) is 0 Å². The molecule has 144 valence electrons. The Kier molecular flexibility index (Phi) is 5.94. The van der Waals surface area contributed by atoms with Gasteiger partial charge in [-0.05, 0) is 42.3 Å². The lowest BCUT2D eigenvalue weighted by Crippen LogP contribution is -2.22. The molecule has 2 aromatic carbocycles. The first-order valence-electron chi connectivity index (χ1n) is 8.74. The Bertz CT molecular complexity index is 1140. The normalized spacial score (nSPS) is 11.2. The summed E-state index contributed by atoms with van der Waals surface area (Å²) < 4.78 is 7.34. The van der Waals surface area contributed by atoms with Gasteiger partial charge in [0.05, 0.1) is 24.2 Å². The topological polar surface area (TPSA) is 76.7 Å². The Morgan fingerprint density at radius 2 is 2.14 bits per heavy atom. The van der Waals surface area contributed by atoms with Crippen LogP contribution in [0.1, 0.15) is 23.9 Å². The summed E-state index contributed by atoms with van der Waals surface area (Å²) in [5, 5.41) is 15.1. The lowest BCUT2D eigenvalue weighted by atomic mass is 10.1. The number of hydrogen-bond donors (Lipinski definition) is 1. The zero-order valence-corrected chi connectivity index (χ0v) is 17.2. The number of hydrogen-bond acceptors (Lipinski definition) is 5. The number of methoxy groups -OCH3 is 1. The van der Waals surface area contributed by atoms with Gasteiger partial charge >= 0.3 is 0 Å². The minimum absolute atomic E-state index is 0.0724.